The van der Waals surface area contributed by atoms with E-state index in [1.807, 2.05) is 0 Å². The lowest BCUT2D eigenvalue weighted by Crippen LogP contribution is -2.22. The number of nitrogens with zero attached hydrogens (tertiary/aromatic N) is 3. The van der Waals surface area contributed by atoms with E-state index >= 15 is 0 Å². The predicted molar refractivity (Wildman–Crippen MR) is 77.4 cm³/mol. The Morgan fingerprint density at radius 1 is 1.05 bits per heavy atom. The van der Waals surface area contributed by atoms with Crippen LogP contribution in [0.3, 0.4) is 0 Å². The van der Waals surface area contributed by atoms with Crippen LogP contribution >= 0.6 is 0 Å². The van der Waals surface area contributed by atoms with Gasteiger partial charge in [-0.05, 0) is 18.2 Å². The van der Waals surface area contributed by atoms with E-state index in [0.29, 0.717) is 10.9 Å². The lowest BCUT2D eigenvalue weighted by molar-refractivity contribution is -0.384. The molecule has 1 aliphatic heterocycles. The minimum atomic E-state index is -0.608. The third-order valence-electron chi connectivity index (χ3n) is 3.66. The summed E-state index contributed by atoms with van der Waals surface area (Å²) < 4.78 is 1.04. The predicted octanol–water partition coefficient (Wildman–Crippen LogP) is 1.84. The van der Waals surface area contributed by atoms with Crippen molar-refractivity contribution >= 4 is 22.4 Å². The minimum Gasteiger partial charge on any atom is -0.285 e. The number of benzene rings is 2. The highest BCUT2D eigenvalue weighted by molar-refractivity contribution is 6.14. The Morgan fingerprint density at radius 3 is 2.59 bits per heavy atom. The van der Waals surface area contributed by atoms with E-state index in [0.717, 1.165) is 4.57 Å². The molecule has 1 aliphatic rings. The highest BCUT2D eigenvalue weighted by Crippen LogP contribution is 2.33. The number of ketones is 1. The molecule has 106 valence electrons. The van der Waals surface area contributed by atoms with Gasteiger partial charge in [-0.3, -0.25) is 19.7 Å². The molecule has 2 heterocycles. The number of hydrogen-bond acceptors (Lipinski definition) is 5. The number of fused-ring (bicyclic) bond motifs is 4. The van der Waals surface area contributed by atoms with Crippen LogP contribution in [-0.4, -0.2) is 20.3 Å². The average Bonchev–Trinajstić information content (AvgIpc) is 2.81. The van der Waals surface area contributed by atoms with E-state index in [-0.39, 0.29) is 22.8 Å². The van der Waals surface area contributed by atoms with Gasteiger partial charge in [-0.15, -0.1) is 0 Å². The average molecular weight is 293 g/mol. The summed E-state index contributed by atoms with van der Waals surface area (Å²) in [5, 5.41) is 11.5. The van der Waals surface area contributed by atoms with E-state index in [1.54, 1.807) is 24.3 Å². The van der Waals surface area contributed by atoms with Crippen LogP contribution in [0, 0.1) is 10.1 Å². The largest absolute Gasteiger partial charge is 0.294 e. The Balaban J connectivity index is 2.22. The number of aromatic nitrogens is 2. The van der Waals surface area contributed by atoms with Crippen molar-refractivity contribution in [3.8, 4) is 5.69 Å². The standard InChI is InChI=1S/C15H7N3O4/c19-13-9-5-3-7-11(18(21)22)12(9)17-14(13)16-10-6-2-1-4-8(10)15(17)20/h1-7H. The van der Waals surface area contributed by atoms with Crippen molar-refractivity contribution in [2.75, 3.05) is 0 Å². The monoisotopic (exact) mass is 293 g/mol. The zero-order valence-corrected chi connectivity index (χ0v) is 11.0. The molecule has 0 aliphatic carbocycles. The van der Waals surface area contributed by atoms with Crippen molar-refractivity contribution < 1.29 is 9.72 Å². The van der Waals surface area contributed by atoms with Crippen LogP contribution in [0.4, 0.5) is 5.69 Å². The molecule has 0 fully saturated rings. The van der Waals surface area contributed by atoms with E-state index in [4.69, 9.17) is 0 Å². The zero-order chi connectivity index (χ0) is 15.4. The number of nitro benzene ring substituents is 1. The van der Waals surface area contributed by atoms with Crippen LogP contribution in [0.1, 0.15) is 16.2 Å². The van der Waals surface area contributed by atoms with Gasteiger partial charge in [0.15, 0.2) is 5.82 Å². The number of carbonyl (C=O) groups is 1. The van der Waals surface area contributed by atoms with E-state index in [1.165, 1.54) is 18.2 Å². The molecule has 4 rings (SSSR count). The van der Waals surface area contributed by atoms with E-state index in [2.05, 4.69) is 4.98 Å². The summed E-state index contributed by atoms with van der Waals surface area (Å²) in [5.74, 6) is -0.574. The van der Waals surface area contributed by atoms with Gasteiger partial charge < -0.3 is 0 Å². The molecule has 0 amide bonds. The molecule has 0 spiro atoms. The molecule has 7 heteroatoms. The minimum absolute atomic E-state index is 0.00393. The smallest absolute Gasteiger partial charge is 0.285 e. The second-order valence-corrected chi connectivity index (χ2v) is 4.85. The number of para-hydroxylation sites is 2. The summed E-state index contributed by atoms with van der Waals surface area (Å²) in [6.07, 6.45) is 0. The molecule has 0 N–H and O–H groups in total. The van der Waals surface area contributed by atoms with Gasteiger partial charge in [-0.1, -0.05) is 18.2 Å². The Bertz CT molecular complexity index is 1050. The molecule has 1 aromatic heterocycles. The summed E-state index contributed by atoms with van der Waals surface area (Å²) in [4.78, 5) is 39.9. The first-order chi connectivity index (χ1) is 10.6. The van der Waals surface area contributed by atoms with Crippen molar-refractivity contribution in [3.05, 3.63) is 74.3 Å². The van der Waals surface area contributed by atoms with Gasteiger partial charge in [0.05, 0.1) is 21.4 Å². The Labute approximate surface area is 122 Å². The maximum absolute atomic E-state index is 12.7. The maximum Gasteiger partial charge on any atom is 0.294 e. The van der Waals surface area contributed by atoms with E-state index < -0.39 is 16.3 Å². The number of nitro groups is 1. The normalized spacial score (nSPS) is 12.3. The van der Waals surface area contributed by atoms with Crippen molar-refractivity contribution in [3.63, 3.8) is 0 Å². The van der Waals surface area contributed by atoms with Gasteiger partial charge in [0.2, 0.25) is 5.78 Å². The third kappa shape index (κ3) is 1.42. The molecule has 22 heavy (non-hydrogen) atoms. The van der Waals surface area contributed by atoms with Crippen molar-refractivity contribution in [1.82, 2.24) is 9.55 Å². The molecule has 0 saturated carbocycles. The topological polar surface area (TPSA) is 95.1 Å². The Hall–Kier alpha value is -3.35. The fourth-order valence-electron chi connectivity index (χ4n) is 2.71. The summed E-state index contributed by atoms with van der Waals surface area (Å²) in [6, 6.07) is 10.7. The third-order valence-corrected chi connectivity index (χ3v) is 3.66. The number of rotatable bonds is 1. The van der Waals surface area contributed by atoms with Gasteiger partial charge >= 0.3 is 0 Å². The SMILES string of the molecule is O=C1c2cccc([N+](=O)[O-])c2-n2c1nc1ccccc1c2=O. The fourth-order valence-corrected chi connectivity index (χ4v) is 2.71. The lowest BCUT2D eigenvalue weighted by Gasteiger charge is -2.05. The molecular formula is C15H7N3O4. The first kappa shape index (κ1) is 12.4. The second kappa shape index (κ2) is 4.08. The zero-order valence-electron chi connectivity index (χ0n) is 11.0. The first-order valence-electron chi connectivity index (χ1n) is 6.44. The molecular weight excluding hydrogens is 286 g/mol. The molecule has 0 radical (unpaired) electrons. The van der Waals surface area contributed by atoms with Gasteiger partial charge in [0.25, 0.3) is 11.2 Å². The fraction of sp³-hybridized carbons (Fsp3) is 0. The van der Waals surface area contributed by atoms with E-state index in [9.17, 15) is 19.7 Å². The number of hydrogen-bond donors (Lipinski definition) is 0. The Morgan fingerprint density at radius 2 is 1.82 bits per heavy atom. The van der Waals surface area contributed by atoms with Crippen molar-refractivity contribution in [2.24, 2.45) is 0 Å². The highest BCUT2D eigenvalue weighted by Gasteiger charge is 2.35. The van der Waals surface area contributed by atoms with Crippen LogP contribution in [0.2, 0.25) is 0 Å². The molecule has 7 nitrogen and oxygen atoms in total. The quantitative estimate of drug-likeness (QED) is 0.394. The van der Waals surface area contributed by atoms with Gasteiger partial charge in [0, 0.05) is 6.07 Å². The first-order valence-corrected chi connectivity index (χ1v) is 6.44. The van der Waals surface area contributed by atoms with Crippen LogP contribution in [0.5, 0.6) is 0 Å². The molecule has 0 saturated heterocycles. The van der Waals surface area contributed by atoms with Crippen LogP contribution in [0.25, 0.3) is 16.6 Å². The number of carbonyl (C=O) groups excluding carboxylic acids is 1. The summed E-state index contributed by atoms with van der Waals surface area (Å²) in [5.41, 5.74) is -0.266. The molecule has 0 atom stereocenters. The molecule has 0 unspecified atom stereocenters. The van der Waals surface area contributed by atoms with Gasteiger partial charge in [-0.2, -0.15) is 0 Å². The van der Waals surface area contributed by atoms with Crippen molar-refractivity contribution in [1.29, 1.82) is 0 Å². The molecule has 0 bridgehead atoms. The van der Waals surface area contributed by atoms with Crippen LogP contribution < -0.4 is 5.56 Å². The summed E-state index contributed by atoms with van der Waals surface area (Å²) >= 11 is 0. The maximum atomic E-state index is 12.7. The Kier molecular flexibility index (Phi) is 2.30. The highest BCUT2D eigenvalue weighted by atomic mass is 16.6. The van der Waals surface area contributed by atoms with Gasteiger partial charge in [-0.25, -0.2) is 9.55 Å². The lowest BCUT2D eigenvalue weighted by atomic mass is 10.1. The van der Waals surface area contributed by atoms with Gasteiger partial charge in [0.1, 0.15) is 5.69 Å². The molecule has 3 aromatic rings. The second-order valence-electron chi connectivity index (χ2n) is 4.85. The van der Waals surface area contributed by atoms with Crippen molar-refractivity contribution in [2.45, 2.75) is 0 Å². The van der Waals surface area contributed by atoms with Crippen LogP contribution in [-0.2, 0) is 0 Å². The summed E-state index contributed by atoms with van der Waals surface area (Å²) in [6.45, 7) is 0. The van der Waals surface area contributed by atoms with Crippen LogP contribution in [0.15, 0.2) is 47.3 Å². The molecule has 2 aromatic carbocycles. The summed E-state index contributed by atoms with van der Waals surface area (Å²) in [7, 11) is 0.